The van der Waals surface area contributed by atoms with Crippen LogP contribution in [0.1, 0.15) is 23.0 Å². The number of hydrogen-bond donors (Lipinski definition) is 1. The summed E-state index contributed by atoms with van der Waals surface area (Å²) in [5.41, 5.74) is 5.18. The first-order valence-corrected chi connectivity index (χ1v) is 6.57. The molecule has 2 amide bonds. The molecule has 2 heterocycles. The van der Waals surface area contributed by atoms with Crippen LogP contribution in [0.2, 0.25) is 0 Å². The fourth-order valence-corrected chi connectivity index (χ4v) is 2.61. The van der Waals surface area contributed by atoms with E-state index >= 15 is 0 Å². The molecule has 0 aromatic carbocycles. The second-order valence-electron chi connectivity index (χ2n) is 4.04. The maximum atomic E-state index is 11.8. The van der Waals surface area contributed by atoms with Crippen LogP contribution in [0, 0.1) is 5.92 Å². The highest BCUT2D eigenvalue weighted by Crippen LogP contribution is 2.29. The fraction of sp³-hybridized carbons (Fsp3) is 0.455. The molecule has 1 unspecified atom stereocenters. The van der Waals surface area contributed by atoms with Crippen LogP contribution >= 0.6 is 11.3 Å². The number of carbonyl (C=O) groups is 3. The van der Waals surface area contributed by atoms with Gasteiger partial charge in [0.1, 0.15) is 4.88 Å². The van der Waals surface area contributed by atoms with Crippen molar-refractivity contribution in [2.45, 2.75) is 13.3 Å². The van der Waals surface area contributed by atoms with Gasteiger partial charge in [0.05, 0.1) is 18.7 Å². The van der Waals surface area contributed by atoms with Gasteiger partial charge < -0.3 is 10.5 Å². The number of hydrogen-bond acceptors (Lipinski definition) is 6. The Kier molecular flexibility index (Phi) is 3.79. The second kappa shape index (κ2) is 5.35. The van der Waals surface area contributed by atoms with Crippen LogP contribution in [0.5, 0.6) is 0 Å². The minimum absolute atomic E-state index is 0.0870. The minimum atomic E-state index is -0.502. The predicted molar refractivity (Wildman–Crippen MR) is 67.7 cm³/mol. The molecule has 0 saturated carbocycles. The lowest BCUT2D eigenvalue weighted by Gasteiger charge is -2.11. The van der Waals surface area contributed by atoms with Crippen molar-refractivity contribution in [3.63, 3.8) is 0 Å². The first-order chi connectivity index (χ1) is 9.02. The number of amides is 2. The van der Waals surface area contributed by atoms with Crippen LogP contribution < -0.4 is 10.6 Å². The predicted octanol–water partition coefficient (Wildman–Crippen LogP) is 0.158. The number of esters is 1. The zero-order valence-electron chi connectivity index (χ0n) is 10.3. The molecule has 0 aliphatic carbocycles. The smallest absolute Gasteiger partial charge is 0.350 e. The highest BCUT2D eigenvalue weighted by Gasteiger charge is 2.35. The summed E-state index contributed by atoms with van der Waals surface area (Å²) in [6.07, 6.45) is 1.45. The van der Waals surface area contributed by atoms with Gasteiger partial charge in [-0.05, 0) is 6.92 Å². The maximum Gasteiger partial charge on any atom is 0.350 e. The number of anilines is 1. The van der Waals surface area contributed by atoms with Crippen molar-refractivity contribution in [1.29, 1.82) is 0 Å². The third-order valence-corrected chi connectivity index (χ3v) is 3.73. The van der Waals surface area contributed by atoms with Gasteiger partial charge in [-0.3, -0.25) is 14.5 Å². The molecule has 1 aromatic heterocycles. The number of nitrogens with zero attached hydrogens (tertiary/aromatic N) is 2. The summed E-state index contributed by atoms with van der Waals surface area (Å²) in [7, 11) is 0. The first kappa shape index (κ1) is 13.5. The monoisotopic (exact) mass is 283 g/mol. The number of carbonyl (C=O) groups excluding carboxylic acids is 3. The van der Waals surface area contributed by atoms with Gasteiger partial charge in [-0.25, -0.2) is 9.78 Å². The van der Waals surface area contributed by atoms with Gasteiger partial charge in [0, 0.05) is 13.0 Å². The Labute approximate surface area is 113 Å². The lowest BCUT2D eigenvalue weighted by atomic mass is 10.1. The minimum Gasteiger partial charge on any atom is -0.462 e. The lowest BCUT2D eigenvalue weighted by Crippen LogP contribution is -2.28. The molecule has 1 fully saturated rings. The van der Waals surface area contributed by atoms with Crippen molar-refractivity contribution in [3.8, 4) is 0 Å². The van der Waals surface area contributed by atoms with E-state index in [1.807, 2.05) is 0 Å². The molecule has 1 aliphatic rings. The zero-order valence-corrected chi connectivity index (χ0v) is 11.1. The van der Waals surface area contributed by atoms with Crippen molar-refractivity contribution < 1.29 is 19.1 Å². The van der Waals surface area contributed by atoms with Crippen LogP contribution in [0.4, 0.5) is 5.13 Å². The van der Waals surface area contributed by atoms with E-state index in [4.69, 9.17) is 10.5 Å². The molecule has 19 heavy (non-hydrogen) atoms. The number of ether oxygens (including phenoxy) is 1. The third-order valence-electron chi connectivity index (χ3n) is 2.73. The fourth-order valence-electron chi connectivity index (χ4n) is 1.77. The molecular formula is C11H13N3O4S. The lowest BCUT2D eigenvalue weighted by molar-refractivity contribution is -0.123. The van der Waals surface area contributed by atoms with Crippen LogP contribution in [0.25, 0.3) is 0 Å². The SMILES string of the molecule is CCOC(=O)c1cnc(N2CC(C(N)=O)CC2=O)s1. The number of rotatable bonds is 4. The number of aromatic nitrogens is 1. The highest BCUT2D eigenvalue weighted by atomic mass is 32.1. The van der Waals surface area contributed by atoms with E-state index in [9.17, 15) is 14.4 Å². The Morgan fingerprint density at radius 3 is 2.95 bits per heavy atom. The molecule has 0 spiro atoms. The van der Waals surface area contributed by atoms with E-state index in [-0.39, 0.29) is 25.5 Å². The van der Waals surface area contributed by atoms with Crippen LogP contribution in [0.3, 0.4) is 0 Å². The van der Waals surface area contributed by atoms with Gasteiger partial charge in [-0.2, -0.15) is 0 Å². The largest absolute Gasteiger partial charge is 0.462 e. The molecule has 1 aliphatic heterocycles. The summed E-state index contributed by atoms with van der Waals surface area (Å²) in [4.78, 5) is 40.1. The summed E-state index contributed by atoms with van der Waals surface area (Å²) in [6.45, 7) is 2.20. The van der Waals surface area contributed by atoms with Crippen molar-refractivity contribution in [1.82, 2.24) is 4.98 Å². The molecule has 102 valence electrons. The number of nitrogens with two attached hydrogens (primary N) is 1. The van der Waals surface area contributed by atoms with Crippen molar-refractivity contribution in [3.05, 3.63) is 11.1 Å². The van der Waals surface area contributed by atoms with Gasteiger partial charge in [0.2, 0.25) is 11.8 Å². The molecule has 2 N–H and O–H groups in total. The van der Waals surface area contributed by atoms with E-state index in [1.54, 1.807) is 6.92 Å². The molecule has 0 bridgehead atoms. The topological polar surface area (TPSA) is 103 Å². The quantitative estimate of drug-likeness (QED) is 0.793. The Bertz CT molecular complexity index is 528. The van der Waals surface area contributed by atoms with Gasteiger partial charge >= 0.3 is 5.97 Å². The van der Waals surface area contributed by atoms with Crippen LogP contribution in [-0.2, 0) is 14.3 Å². The van der Waals surface area contributed by atoms with Crippen LogP contribution in [0.15, 0.2) is 6.20 Å². The molecule has 1 saturated heterocycles. The number of primary amides is 1. The van der Waals surface area contributed by atoms with Gasteiger partial charge in [-0.15, -0.1) is 0 Å². The third kappa shape index (κ3) is 2.73. The Balaban J connectivity index is 2.13. The average Bonchev–Trinajstić information content (AvgIpc) is 2.95. The van der Waals surface area contributed by atoms with Gasteiger partial charge in [0.15, 0.2) is 5.13 Å². The molecular weight excluding hydrogens is 270 g/mol. The summed E-state index contributed by atoms with van der Waals surface area (Å²) in [6, 6.07) is 0. The molecule has 1 aromatic rings. The molecule has 1 atom stereocenters. The van der Waals surface area contributed by atoms with E-state index in [1.165, 1.54) is 11.1 Å². The summed E-state index contributed by atoms with van der Waals surface area (Å²) < 4.78 is 4.84. The summed E-state index contributed by atoms with van der Waals surface area (Å²) in [5.74, 6) is -1.68. The van der Waals surface area contributed by atoms with E-state index in [0.29, 0.717) is 10.0 Å². The van der Waals surface area contributed by atoms with Gasteiger partial charge in [-0.1, -0.05) is 11.3 Å². The van der Waals surface area contributed by atoms with E-state index in [0.717, 1.165) is 11.3 Å². The first-order valence-electron chi connectivity index (χ1n) is 5.75. The standard InChI is InChI=1S/C11H13N3O4S/c1-2-18-10(17)7-4-13-11(19-7)14-5-6(9(12)16)3-8(14)15/h4,6H,2-3,5H2,1H3,(H2,12,16). The average molecular weight is 283 g/mol. The highest BCUT2D eigenvalue weighted by molar-refractivity contribution is 7.17. The second-order valence-corrected chi connectivity index (χ2v) is 5.04. The van der Waals surface area contributed by atoms with E-state index < -0.39 is 17.8 Å². The van der Waals surface area contributed by atoms with E-state index in [2.05, 4.69) is 4.98 Å². The zero-order chi connectivity index (χ0) is 14.0. The van der Waals surface area contributed by atoms with Crippen molar-refractivity contribution >= 4 is 34.3 Å². The number of thiazole rings is 1. The van der Waals surface area contributed by atoms with Crippen molar-refractivity contribution in [2.24, 2.45) is 11.7 Å². The Morgan fingerprint density at radius 2 is 2.37 bits per heavy atom. The Morgan fingerprint density at radius 1 is 1.63 bits per heavy atom. The summed E-state index contributed by atoms with van der Waals surface area (Å²) in [5, 5.41) is 0.386. The van der Waals surface area contributed by atoms with Crippen LogP contribution in [-0.4, -0.2) is 35.9 Å². The Hall–Kier alpha value is -1.96. The molecule has 2 rings (SSSR count). The summed E-state index contributed by atoms with van der Waals surface area (Å²) >= 11 is 1.06. The van der Waals surface area contributed by atoms with Crippen molar-refractivity contribution in [2.75, 3.05) is 18.1 Å². The molecule has 0 radical (unpaired) electrons. The molecule has 8 heteroatoms. The maximum absolute atomic E-state index is 11.8. The molecule has 7 nitrogen and oxygen atoms in total. The van der Waals surface area contributed by atoms with Gasteiger partial charge in [0.25, 0.3) is 0 Å². The normalized spacial score (nSPS) is 18.7.